The number of carboxylic acids is 1. The topological polar surface area (TPSA) is 76.5 Å². The Morgan fingerprint density at radius 3 is 2.81 bits per heavy atom. The second kappa shape index (κ2) is 6.55. The maximum atomic E-state index is 11.2. The number of aliphatic carboxylic acids is 1. The maximum Gasteiger partial charge on any atom is 0.306 e. The summed E-state index contributed by atoms with van der Waals surface area (Å²) in [5.41, 5.74) is 0.814. The standard InChI is InChI=1S/C11H13NO4/c13-10(14)4-1-5-11(15)16-8-9-3-2-6-12-7-9/h2-3,6-7H,1,4-5,8H2,(H,13,14). The van der Waals surface area contributed by atoms with Crippen LogP contribution in [0.25, 0.3) is 0 Å². The molecule has 0 aromatic carbocycles. The zero-order chi connectivity index (χ0) is 11.8. The lowest BCUT2D eigenvalue weighted by molar-refractivity contribution is -0.145. The molecule has 0 atom stereocenters. The van der Waals surface area contributed by atoms with Gasteiger partial charge in [0.05, 0.1) is 0 Å². The van der Waals surface area contributed by atoms with Crippen LogP contribution in [-0.4, -0.2) is 22.0 Å². The summed E-state index contributed by atoms with van der Waals surface area (Å²) in [7, 11) is 0. The van der Waals surface area contributed by atoms with E-state index in [1.165, 1.54) is 0 Å². The number of pyridine rings is 1. The lowest BCUT2D eigenvalue weighted by atomic mass is 10.2. The predicted octanol–water partition coefficient (Wildman–Crippen LogP) is 1.38. The van der Waals surface area contributed by atoms with Gasteiger partial charge < -0.3 is 9.84 Å². The van der Waals surface area contributed by atoms with Gasteiger partial charge in [-0.3, -0.25) is 14.6 Å². The molecule has 1 rings (SSSR count). The van der Waals surface area contributed by atoms with Crippen LogP contribution in [0.15, 0.2) is 24.5 Å². The average molecular weight is 223 g/mol. The van der Waals surface area contributed by atoms with Gasteiger partial charge in [-0.25, -0.2) is 0 Å². The minimum atomic E-state index is -0.903. The normalized spacial score (nSPS) is 9.75. The minimum Gasteiger partial charge on any atom is -0.481 e. The number of ether oxygens (including phenoxy) is 1. The highest BCUT2D eigenvalue weighted by molar-refractivity contribution is 5.71. The molecule has 5 heteroatoms. The van der Waals surface area contributed by atoms with E-state index in [9.17, 15) is 9.59 Å². The summed E-state index contributed by atoms with van der Waals surface area (Å²) in [6, 6.07) is 3.56. The van der Waals surface area contributed by atoms with Crippen LogP contribution in [0.2, 0.25) is 0 Å². The summed E-state index contributed by atoms with van der Waals surface area (Å²) in [4.78, 5) is 25.2. The molecule has 16 heavy (non-hydrogen) atoms. The van der Waals surface area contributed by atoms with Gasteiger partial charge in [0.1, 0.15) is 6.61 Å². The number of aromatic nitrogens is 1. The molecule has 0 amide bonds. The van der Waals surface area contributed by atoms with Crippen molar-refractivity contribution in [2.75, 3.05) is 0 Å². The van der Waals surface area contributed by atoms with E-state index in [1.54, 1.807) is 24.5 Å². The van der Waals surface area contributed by atoms with Crippen LogP contribution in [0, 0.1) is 0 Å². The molecule has 0 radical (unpaired) electrons. The molecule has 0 saturated carbocycles. The van der Waals surface area contributed by atoms with E-state index in [4.69, 9.17) is 9.84 Å². The number of rotatable bonds is 6. The molecule has 86 valence electrons. The smallest absolute Gasteiger partial charge is 0.306 e. The lowest BCUT2D eigenvalue weighted by Gasteiger charge is -2.03. The molecule has 1 N–H and O–H groups in total. The fraction of sp³-hybridized carbons (Fsp3) is 0.364. The van der Waals surface area contributed by atoms with E-state index in [0.717, 1.165) is 5.56 Å². The number of carbonyl (C=O) groups excluding carboxylic acids is 1. The van der Waals surface area contributed by atoms with Crippen LogP contribution in [0.1, 0.15) is 24.8 Å². The highest BCUT2D eigenvalue weighted by Crippen LogP contribution is 2.02. The van der Waals surface area contributed by atoms with Crippen molar-refractivity contribution in [3.8, 4) is 0 Å². The van der Waals surface area contributed by atoms with Gasteiger partial charge in [0.15, 0.2) is 0 Å². The quantitative estimate of drug-likeness (QED) is 0.737. The van der Waals surface area contributed by atoms with Gasteiger partial charge in [-0.05, 0) is 12.5 Å². The van der Waals surface area contributed by atoms with Crippen LogP contribution in [0.4, 0.5) is 0 Å². The van der Waals surface area contributed by atoms with Gasteiger partial charge in [0.25, 0.3) is 0 Å². The van der Waals surface area contributed by atoms with Crippen molar-refractivity contribution < 1.29 is 19.4 Å². The Balaban J connectivity index is 2.18. The van der Waals surface area contributed by atoms with Crippen molar-refractivity contribution in [2.24, 2.45) is 0 Å². The molecule has 0 aliphatic carbocycles. The average Bonchev–Trinajstić information content (AvgIpc) is 2.27. The summed E-state index contributed by atoms with van der Waals surface area (Å²) in [5, 5.41) is 8.37. The second-order valence-electron chi connectivity index (χ2n) is 3.27. The van der Waals surface area contributed by atoms with E-state index in [-0.39, 0.29) is 25.4 Å². The van der Waals surface area contributed by atoms with E-state index < -0.39 is 5.97 Å². The lowest BCUT2D eigenvalue weighted by Crippen LogP contribution is -2.05. The van der Waals surface area contributed by atoms with Gasteiger partial charge in [0.2, 0.25) is 0 Å². The maximum absolute atomic E-state index is 11.2. The summed E-state index contributed by atoms with van der Waals surface area (Å²) >= 11 is 0. The summed E-state index contributed by atoms with van der Waals surface area (Å²) in [6.45, 7) is 0.180. The predicted molar refractivity (Wildman–Crippen MR) is 55.5 cm³/mol. The van der Waals surface area contributed by atoms with E-state index in [2.05, 4.69) is 4.98 Å². The minimum absolute atomic E-state index is 0.0119. The molecule has 1 aromatic rings. The molecule has 1 heterocycles. The molecule has 0 saturated heterocycles. The monoisotopic (exact) mass is 223 g/mol. The summed E-state index contributed by atoms with van der Waals surface area (Å²) in [5.74, 6) is -1.29. The van der Waals surface area contributed by atoms with Gasteiger partial charge in [-0.2, -0.15) is 0 Å². The molecular formula is C11H13NO4. The first kappa shape index (κ1) is 12.2. The number of hydrogen-bond donors (Lipinski definition) is 1. The Morgan fingerprint density at radius 1 is 1.38 bits per heavy atom. The molecule has 0 spiro atoms. The Bertz CT molecular complexity index is 350. The first-order valence-electron chi connectivity index (χ1n) is 4.95. The summed E-state index contributed by atoms with van der Waals surface area (Å²) in [6.07, 6.45) is 3.68. The van der Waals surface area contributed by atoms with E-state index in [0.29, 0.717) is 6.42 Å². The van der Waals surface area contributed by atoms with Crippen LogP contribution in [0.3, 0.4) is 0 Å². The van der Waals surface area contributed by atoms with Crippen molar-refractivity contribution in [1.82, 2.24) is 4.98 Å². The van der Waals surface area contributed by atoms with Gasteiger partial charge in [-0.15, -0.1) is 0 Å². The van der Waals surface area contributed by atoms with E-state index >= 15 is 0 Å². The van der Waals surface area contributed by atoms with Crippen molar-refractivity contribution in [3.63, 3.8) is 0 Å². The highest BCUT2D eigenvalue weighted by atomic mass is 16.5. The number of carbonyl (C=O) groups is 2. The molecule has 0 bridgehead atoms. The number of esters is 1. The third-order valence-corrected chi connectivity index (χ3v) is 1.89. The fourth-order valence-corrected chi connectivity index (χ4v) is 1.10. The molecule has 5 nitrogen and oxygen atoms in total. The molecule has 0 aliphatic rings. The zero-order valence-electron chi connectivity index (χ0n) is 8.76. The van der Waals surface area contributed by atoms with Gasteiger partial charge in [0, 0.05) is 30.8 Å². The fourth-order valence-electron chi connectivity index (χ4n) is 1.10. The SMILES string of the molecule is O=C(O)CCCC(=O)OCc1cccnc1. The van der Waals surface area contributed by atoms with Crippen molar-refractivity contribution in [1.29, 1.82) is 0 Å². The first-order chi connectivity index (χ1) is 7.68. The Morgan fingerprint density at radius 2 is 2.19 bits per heavy atom. The number of carboxylic acid groups (broad SMARTS) is 1. The van der Waals surface area contributed by atoms with Crippen molar-refractivity contribution in [3.05, 3.63) is 30.1 Å². The Hall–Kier alpha value is -1.91. The summed E-state index contributed by atoms with van der Waals surface area (Å²) < 4.78 is 4.94. The number of nitrogens with zero attached hydrogens (tertiary/aromatic N) is 1. The Labute approximate surface area is 93.1 Å². The molecule has 0 unspecified atom stereocenters. The molecule has 0 aliphatic heterocycles. The van der Waals surface area contributed by atoms with Crippen LogP contribution >= 0.6 is 0 Å². The third-order valence-electron chi connectivity index (χ3n) is 1.89. The molecule has 0 fully saturated rings. The second-order valence-corrected chi connectivity index (χ2v) is 3.27. The van der Waals surface area contributed by atoms with Gasteiger partial charge >= 0.3 is 11.9 Å². The zero-order valence-corrected chi connectivity index (χ0v) is 8.76. The number of hydrogen-bond acceptors (Lipinski definition) is 4. The van der Waals surface area contributed by atoms with Crippen LogP contribution in [0.5, 0.6) is 0 Å². The largest absolute Gasteiger partial charge is 0.481 e. The van der Waals surface area contributed by atoms with Gasteiger partial charge in [-0.1, -0.05) is 6.07 Å². The molecule has 1 aromatic heterocycles. The first-order valence-corrected chi connectivity index (χ1v) is 4.95. The van der Waals surface area contributed by atoms with Crippen LogP contribution < -0.4 is 0 Å². The van der Waals surface area contributed by atoms with Crippen molar-refractivity contribution in [2.45, 2.75) is 25.9 Å². The van der Waals surface area contributed by atoms with Crippen molar-refractivity contribution >= 4 is 11.9 Å². The molecular weight excluding hydrogens is 210 g/mol. The Kier molecular flexibility index (Phi) is 4.98. The van der Waals surface area contributed by atoms with E-state index in [1.807, 2.05) is 0 Å². The highest BCUT2D eigenvalue weighted by Gasteiger charge is 2.05. The third kappa shape index (κ3) is 5.09. The van der Waals surface area contributed by atoms with Crippen LogP contribution in [-0.2, 0) is 20.9 Å².